The van der Waals surface area contributed by atoms with E-state index in [1.807, 2.05) is 19.0 Å². The summed E-state index contributed by atoms with van der Waals surface area (Å²) in [6, 6.07) is 8.88. The molecule has 0 heterocycles. The maximum Gasteiger partial charge on any atom is 0.255 e. The predicted octanol–water partition coefficient (Wildman–Crippen LogP) is 3.50. The molecule has 21 heavy (non-hydrogen) atoms. The quantitative estimate of drug-likeness (QED) is 0.853. The summed E-state index contributed by atoms with van der Waals surface area (Å²) in [5.41, 5.74) is 1.26. The molecule has 1 amide bonds. The summed E-state index contributed by atoms with van der Waals surface area (Å²) in [4.78, 5) is 14.0. The van der Waals surface area contributed by atoms with Crippen molar-refractivity contribution in [1.82, 2.24) is 0 Å². The molecular weight excluding hydrogens is 295 g/mol. The van der Waals surface area contributed by atoms with Crippen LogP contribution in [0.4, 0.5) is 15.8 Å². The number of carbonyl (C=O) groups is 1. The number of carbonyl (C=O) groups excluding carboxylic acids is 1. The number of phenols is 1. The van der Waals surface area contributed by atoms with Crippen LogP contribution in [-0.4, -0.2) is 25.1 Å². The minimum atomic E-state index is -0.754. The van der Waals surface area contributed by atoms with Crippen molar-refractivity contribution < 1.29 is 14.3 Å². The van der Waals surface area contributed by atoms with Crippen LogP contribution in [0.2, 0.25) is 5.02 Å². The van der Waals surface area contributed by atoms with Gasteiger partial charge in [-0.05, 0) is 30.3 Å². The second-order valence-corrected chi connectivity index (χ2v) is 5.09. The Hall–Kier alpha value is -2.27. The molecule has 2 aromatic rings. The van der Waals surface area contributed by atoms with Gasteiger partial charge in [-0.1, -0.05) is 11.6 Å². The van der Waals surface area contributed by atoms with Crippen LogP contribution >= 0.6 is 11.6 Å². The lowest BCUT2D eigenvalue weighted by Crippen LogP contribution is -2.14. The molecular formula is C15H14ClFN2O2. The van der Waals surface area contributed by atoms with Crippen LogP contribution in [0.25, 0.3) is 0 Å². The first kappa shape index (κ1) is 15.1. The van der Waals surface area contributed by atoms with Crippen LogP contribution in [0.15, 0.2) is 36.4 Å². The number of amides is 1. The van der Waals surface area contributed by atoms with Gasteiger partial charge < -0.3 is 15.3 Å². The molecule has 2 aromatic carbocycles. The number of rotatable bonds is 3. The van der Waals surface area contributed by atoms with Crippen molar-refractivity contribution in [3.63, 3.8) is 0 Å². The largest absolute Gasteiger partial charge is 0.506 e. The van der Waals surface area contributed by atoms with E-state index in [1.54, 1.807) is 24.3 Å². The number of nitrogens with one attached hydrogen (secondary N) is 1. The Labute approximate surface area is 126 Å². The molecule has 0 saturated carbocycles. The lowest BCUT2D eigenvalue weighted by Gasteiger charge is -2.13. The van der Waals surface area contributed by atoms with Crippen molar-refractivity contribution in [2.24, 2.45) is 0 Å². The van der Waals surface area contributed by atoms with E-state index in [0.717, 1.165) is 17.8 Å². The summed E-state index contributed by atoms with van der Waals surface area (Å²) < 4.78 is 13.6. The van der Waals surface area contributed by atoms with Gasteiger partial charge in [-0.15, -0.1) is 0 Å². The van der Waals surface area contributed by atoms with Gasteiger partial charge in [0.25, 0.3) is 5.91 Å². The topological polar surface area (TPSA) is 52.6 Å². The Bertz CT molecular complexity index is 672. The van der Waals surface area contributed by atoms with Crippen LogP contribution < -0.4 is 10.2 Å². The van der Waals surface area contributed by atoms with Crippen LogP contribution in [0.3, 0.4) is 0 Å². The summed E-state index contributed by atoms with van der Waals surface area (Å²) in [5, 5.41) is 11.7. The average molecular weight is 309 g/mol. The van der Waals surface area contributed by atoms with E-state index in [2.05, 4.69) is 5.32 Å². The molecule has 0 atom stereocenters. The summed E-state index contributed by atoms with van der Waals surface area (Å²) in [7, 11) is 3.78. The second kappa shape index (κ2) is 6.01. The maximum atomic E-state index is 13.6. The normalized spacial score (nSPS) is 10.3. The van der Waals surface area contributed by atoms with Gasteiger partial charge in [-0.2, -0.15) is 0 Å². The molecule has 2 N–H and O–H groups in total. The maximum absolute atomic E-state index is 13.6. The van der Waals surface area contributed by atoms with Crippen molar-refractivity contribution in [3.05, 3.63) is 52.8 Å². The summed E-state index contributed by atoms with van der Waals surface area (Å²) in [6.45, 7) is 0. The molecule has 4 nitrogen and oxygen atoms in total. The Balaban J connectivity index is 2.20. The second-order valence-electron chi connectivity index (χ2n) is 4.68. The molecule has 0 aliphatic carbocycles. The highest BCUT2D eigenvalue weighted by molar-refractivity contribution is 6.32. The highest BCUT2D eigenvalue weighted by Gasteiger charge is 2.12. The number of hydrogen-bond donors (Lipinski definition) is 2. The molecule has 0 aliphatic rings. The van der Waals surface area contributed by atoms with E-state index < -0.39 is 11.7 Å². The fourth-order valence-corrected chi connectivity index (χ4v) is 1.90. The zero-order valence-corrected chi connectivity index (χ0v) is 12.3. The number of benzene rings is 2. The molecule has 0 unspecified atom stereocenters. The Morgan fingerprint density at radius 1 is 1.24 bits per heavy atom. The molecule has 2 rings (SSSR count). The molecule has 0 aliphatic heterocycles. The number of nitrogens with zero attached hydrogens (tertiary/aromatic N) is 1. The monoisotopic (exact) mass is 308 g/mol. The van der Waals surface area contributed by atoms with E-state index in [9.17, 15) is 14.3 Å². The van der Waals surface area contributed by atoms with Gasteiger partial charge in [0.15, 0.2) is 5.82 Å². The highest BCUT2D eigenvalue weighted by Crippen LogP contribution is 2.29. The molecule has 0 fully saturated rings. The van der Waals surface area contributed by atoms with E-state index in [4.69, 9.17) is 11.6 Å². The molecule has 0 saturated heterocycles. The van der Waals surface area contributed by atoms with Gasteiger partial charge in [0.2, 0.25) is 0 Å². The third-order valence-corrected chi connectivity index (χ3v) is 3.23. The fourth-order valence-electron chi connectivity index (χ4n) is 1.74. The summed E-state index contributed by atoms with van der Waals surface area (Å²) in [6.07, 6.45) is 0. The number of aromatic hydroxyl groups is 1. The van der Waals surface area contributed by atoms with Crippen molar-refractivity contribution in [2.45, 2.75) is 0 Å². The molecule has 0 radical (unpaired) electrons. The average Bonchev–Trinajstić information content (AvgIpc) is 2.44. The Kier molecular flexibility index (Phi) is 4.33. The number of halogens is 2. The van der Waals surface area contributed by atoms with Crippen LogP contribution in [0.1, 0.15) is 10.4 Å². The molecule has 0 spiro atoms. The smallest absolute Gasteiger partial charge is 0.255 e. The SMILES string of the molecule is CN(C)c1ccc(C(=O)Nc2cc(Cl)c(O)cc2F)cc1. The lowest BCUT2D eigenvalue weighted by molar-refractivity contribution is 0.102. The minimum absolute atomic E-state index is 0.0327. The Morgan fingerprint density at radius 3 is 2.43 bits per heavy atom. The van der Waals surface area contributed by atoms with Gasteiger partial charge in [-0.3, -0.25) is 4.79 Å². The molecule has 6 heteroatoms. The van der Waals surface area contributed by atoms with Gasteiger partial charge in [0.1, 0.15) is 5.75 Å². The lowest BCUT2D eigenvalue weighted by atomic mass is 10.2. The summed E-state index contributed by atoms with van der Waals surface area (Å²) in [5.74, 6) is -1.58. The van der Waals surface area contributed by atoms with E-state index >= 15 is 0 Å². The fraction of sp³-hybridized carbons (Fsp3) is 0.133. The molecule has 110 valence electrons. The van der Waals surface area contributed by atoms with Crippen molar-refractivity contribution in [3.8, 4) is 5.75 Å². The van der Waals surface area contributed by atoms with Gasteiger partial charge >= 0.3 is 0 Å². The zero-order valence-electron chi connectivity index (χ0n) is 11.5. The summed E-state index contributed by atoms with van der Waals surface area (Å²) >= 11 is 5.70. The third kappa shape index (κ3) is 3.44. The van der Waals surface area contributed by atoms with Crippen molar-refractivity contribution in [1.29, 1.82) is 0 Å². The van der Waals surface area contributed by atoms with E-state index in [-0.39, 0.29) is 16.5 Å². The minimum Gasteiger partial charge on any atom is -0.506 e. The first-order valence-electron chi connectivity index (χ1n) is 6.15. The van der Waals surface area contributed by atoms with Crippen molar-refractivity contribution in [2.75, 3.05) is 24.3 Å². The van der Waals surface area contributed by atoms with Gasteiger partial charge in [0, 0.05) is 31.4 Å². The number of anilines is 2. The number of phenolic OH excluding ortho intramolecular Hbond substituents is 1. The first-order chi connectivity index (χ1) is 9.88. The van der Waals surface area contributed by atoms with Crippen LogP contribution in [-0.2, 0) is 0 Å². The highest BCUT2D eigenvalue weighted by atomic mass is 35.5. The Morgan fingerprint density at radius 2 is 1.86 bits per heavy atom. The van der Waals surface area contributed by atoms with Gasteiger partial charge in [-0.25, -0.2) is 4.39 Å². The van der Waals surface area contributed by atoms with E-state index in [1.165, 1.54) is 0 Å². The van der Waals surface area contributed by atoms with Crippen molar-refractivity contribution >= 4 is 28.9 Å². The third-order valence-electron chi connectivity index (χ3n) is 2.93. The van der Waals surface area contributed by atoms with Crippen LogP contribution in [0.5, 0.6) is 5.75 Å². The van der Waals surface area contributed by atoms with Crippen LogP contribution in [0, 0.1) is 5.82 Å². The standard InChI is InChI=1S/C15H14ClFN2O2/c1-19(2)10-5-3-9(4-6-10)15(21)18-13-7-11(16)14(20)8-12(13)17/h3-8,20H,1-2H3,(H,18,21). The molecule has 0 aromatic heterocycles. The number of hydrogen-bond acceptors (Lipinski definition) is 3. The van der Waals surface area contributed by atoms with Gasteiger partial charge in [0.05, 0.1) is 10.7 Å². The van der Waals surface area contributed by atoms with E-state index in [0.29, 0.717) is 5.56 Å². The zero-order chi connectivity index (χ0) is 15.6. The predicted molar refractivity (Wildman–Crippen MR) is 81.8 cm³/mol. The first-order valence-corrected chi connectivity index (χ1v) is 6.53. The molecule has 0 bridgehead atoms.